The Morgan fingerprint density at radius 3 is 2.56 bits per heavy atom. The van der Waals surface area contributed by atoms with E-state index in [0.29, 0.717) is 23.4 Å². The largest absolute Gasteiger partial charge is 0.408 e. The van der Waals surface area contributed by atoms with Gasteiger partial charge in [-0.3, -0.25) is 4.57 Å². The van der Waals surface area contributed by atoms with Gasteiger partial charge in [0.25, 0.3) is 0 Å². The van der Waals surface area contributed by atoms with E-state index >= 15 is 0 Å². The van der Waals surface area contributed by atoms with Crippen LogP contribution in [0, 0.1) is 0 Å². The standard InChI is InChI=1S/C21H36N6O4Si/c1-21(2,3)32(7,8)31-16-14(9-10-28)30-20(17(16)29-6)27-13-24-15-18(25-12-26(4)5)22-11-23-19(15)27/h11-14,16-17,20,28H,9-10H2,1-8H3/t14-,16+,17+,20-/m1/s1. The average Bonchev–Trinajstić information content (AvgIpc) is 3.27. The van der Waals surface area contributed by atoms with Crippen LogP contribution in [0.25, 0.3) is 11.2 Å². The predicted molar refractivity (Wildman–Crippen MR) is 126 cm³/mol. The summed E-state index contributed by atoms with van der Waals surface area (Å²) in [6.45, 7) is 11.0. The molecule has 0 aliphatic carbocycles. The minimum absolute atomic E-state index is 0.00142. The van der Waals surface area contributed by atoms with E-state index in [0.717, 1.165) is 0 Å². The molecule has 0 radical (unpaired) electrons. The Labute approximate surface area is 190 Å². The molecule has 1 saturated heterocycles. The zero-order chi connectivity index (χ0) is 23.7. The van der Waals surface area contributed by atoms with Crippen molar-refractivity contribution in [1.29, 1.82) is 0 Å². The molecule has 4 atom stereocenters. The molecule has 0 aromatic carbocycles. The van der Waals surface area contributed by atoms with Crippen molar-refractivity contribution in [1.82, 2.24) is 24.4 Å². The summed E-state index contributed by atoms with van der Waals surface area (Å²) in [6, 6.07) is 0. The SMILES string of the molecule is CO[C@H]1[C@@H](O[Si](C)(C)C(C)(C)C)[C@@H](CCO)O[C@H]1n1cnc2c(N=CN(C)C)ncnc21. The molecule has 11 heteroatoms. The molecule has 0 spiro atoms. The van der Waals surface area contributed by atoms with Crippen molar-refractivity contribution >= 4 is 31.6 Å². The molecule has 0 bridgehead atoms. The number of hydrogen-bond acceptors (Lipinski definition) is 8. The van der Waals surface area contributed by atoms with Gasteiger partial charge in [-0.15, -0.1) is 0 Å². The second kappa shape index (κ2) is 9.52. The Bertz CT molecular complexity index is 942. The zero-order valence-corrected chi connectivity index (χ0v) is 21.3. The third kappa shape index (κ3) is 4.86. The van der Waals surface area contributed by atoms with Crippen molar-refractivity contribution in [3.8, 4) is 0 Å². The van der Waals surface area contributed by atoms with Gasteiger partial charge in [-0.2, -0.15) is 0 Å². The Kier molecular flexibility index (Phi) is 7.35. The van der Waals surface area contributed by atoms with E-state index < -0.39 is 14.5 Å². The fourth-order valence-electron chi connectivity index (χ4n) is 3.49. The van der Waals surface area contributed by atoms with Gasteiger partial charge in [0.15, 0.2) is 31.5 Å². The number of aromatic nitrogens is 4. The number of hydrogen-bond donors (Lipinski definition) is 1. The summed E-state index contributed by atoms with van der Waals surface area (Å²) in [5.74, 6) is 0.482. The van der Waals surface area contributed by atoms with Crippen LogP contribution in [0.1, 0.15) is 33.4 Å². The minimum Gasteiger partial charge on any atom is -0.408 e. The number of aliphatic imine (C=N–C) groups is 1. The average molecular weight is 465 g/mol. The lowest BCUT2D eigenvalue weighted by atomic mass is 10.1. The second-order valence-electron chi connectivity index (χ2n) is 9.85. The number of nitrogens with zero attached hydrogens (tertiary/aromatic N) is 6. The minimum atomic E-state index is -2.11. The molecule has 32 heavy (non-hydrogen) atoms. The highest BCUT2D eigenvalue weighted by atomic mass is 28.4. The van der Waals surface area contributed by atoms with Gasteiger partial charge in [-0.1, -0.05) is 20.8 Å². The van der Waals surface area contributed by atoms with E-state index in [-0.39, 0.29) is 30.0 Å². The quantitative estimate of drug-likeness (QED) is 0.361. The molecule has 0 amide bonds. The van der Waals surface area contributed by atoms with Crippen LogP contribution in [-0.4, -0.2) is 90.3 Å². The third-order valence-electron chi connectivity index (χ3n) is 6.23. The Morgan fingerprint density at radius 1 is 1.25 bits per heavy atom. The molecule has 1 N–H and O–H groups in total. The summed E-state index contributed by atoms with van der Waals surface area (Å²) in [4.78, 5) is 19.4. The first-order valence-electron chi connectivity index (χ1n) is 10.8. The van der Waals surface area contributed by atoms with Gasteiger partial charge in [-0.25, -0.2) is 19.9 Å². The van der Waals surface area contributed by atoms with Gasteiger partial charge in [0.05, 0.1) is 18.8 Å². The lowest BCUT2D eigenvalue weighted by Crippen LogP contribution is -2.49. The van der Waals surface area contributed by atoms with Crippen molar-refractivity contribution in [3.05, 3.63) is 12.7 Å². The van der Waals surface area contributed by atoms with Crippen molar-refractivity contribution in [3.63, 3.8) is 0 Å². The van der Waals surface area contributed by atoms with Crippen LogP contribution < -0.4 is 0 Å². The lowest BCUT2D eigenvalue weighted by molar-refractivity contribution is -0.0520. The van der Waals surface area contributed by atoms with E-state index in [1.54, 1.807) is 19.8 Å². The van der Waals surface area contributed by atoms with Crippen LogP contribution in [0.3, 0.4) is 0 Å². The van der Waals surface area contributed by atoms with Crippen molar-refractivity contribution in [2.75, 3.05) is 27.8 Å². The number of ether oxygens (including phenoxy) is 2. The maximum Gasteiger partial charge on any atom is 0.192 e. The van der Waals surface area contributed by atoms with E-state index in [4.69, 9.17) is 13.9 Å². The highest BCUT2D eigenvalue weighted by Crippen LogP contribution is 2.43. The topological polar surface area (TPSA) is 107 Å². The molecule has 3 heterocycles. The molecule has 0 saturated carbocycles. The summed E-state index contributed by atoms with van der Waals surface area (Å²) < 4.78 is 20.9. The molecular weight excluding hydrogens is 428 g/mol. The molecule has 1 aliphatic heterocycles. The Morgan fingerprint density at radius 2 is 1.97 bits per heavy atom. The number of aliphatic hydroxyl groups excluding tert-OH is 1. The summed E-state index contributed by atoms with van der Waals surface area (Å²) >= 11 is 0. The van der Waals surface area contributed by atoms with Crippen molar-refractivity contribution in [2.45, 2.75) is 69.9 Å². The number of methoxy groups -OCH3 is 1. The van der Waals surface area contributed by atoms with Crippen LogP contribution in [0.5, 0.6) is 0 Å². The van der Waals surface area contributed by atoms with Crippen LogP contribution in [0.2, 0.25) is 18.1 Å². The monoisotopic (exact) mass is 464 g/mol. The molecule has 0 unspecified atom stereocenters. The first-order valence-corrected chi connectivity index (χ1v) is 13.8. The molecule has 1 aliphatic rings. The van der Waals surface area contributed by atoms with Crippen molar-refractivity contribution in [2.24, 2.45) is 4.99 Å². The van der Waals surface area contributed by atoms with Crippen LogP contribution in [-0.2, 0) is 13.9 Å². The fraction of sp³-hybridized carbons (Fsp3) is 0.714. The number of imidazole rings is 1. The van der Waals surface area contributed by atoms with Crippen molar-refractivity contribution < 1.29 is 19.0 Å². The van der Waals surface area contributed by atoms with Gasteiger partial charge in [-0.05, 0) is 24.6 Å². The summed E-state index contributed by atoms with van der Waals surface area (Å²) in [7, 11) is 3.32. The molecule has 2 aromatic heterocycles. The smallest absolute Gasteiger partial charge is 0.192 e. The number of fused-ring (bicyclic) bond motifs is 1. The molecule has 1 fully saturated rings. The fourth-order valence-corrected chi connectivity index (χ4v) is 4.81. The highest BCUT2D eigenvalue weighted by Gasteiger charge is 2.51. The third-order valence-corrected chi connectivity index (χ3v) is 10.7. The maximum atomic E-state index is 9.67. The lowest BCUT2D eigenvalue weighted by Gasteiger charge is -2.40. The highest BCUT2D eigenvalue weighted by molar-refractivity contribution is 6.74. The Balaban J connectivity index is 1.99. The molecular formula is C21H36N6O4Si. The molecule has 3 rings (SSSR count). The van der Waals surface area contributed by atoms with Gasteiger partial charge >= 0.3 is 0 Å². The van der Waals surface area contributed by atoms with Crippen LogP contribution in [0.15, 0.2) is 17.6 Å². The first-order chi connectivity index (χ1) is 15.0. The molecule has 10 nitrogen and oxygen atoms in total. The molecule has 2 aromatic rings. The normalized spacial score (nSPS) is 24.7. The zero-order valence-electron chi connectivity index (χ0n) is 20.3. The summed E-state index contributed by atoms with van der Waals surface area (Å²) in [6.07, 6.45) is 3.75. The van der Waals surface area contributed by atoms with Gasteiger partial charge < -0.3 is 23.9 Å². The number of rotatable bonds is 8. The van der Waals surface area contributed by atoms with Crippen LogP contribution >= 0.6 is 0 Å². The molecule has 178 valence electrons. The van der Waals surface area contributed by atoms with E-state index in [2.05, 4.69) is 53.8 Å². The van der Waals surface area contributed by atoms with Gasteiger partial charge in [0.1, 0.15) is 18.5 Å². The van der Waals surface area contributed by atoms with E-state index in [9.17, 15) is 5.11 Å². The number of aliphatic hydroxyl groups is 1. The van der Waals surface area contributed by atoms with E-state index in [1.165, 1.54) is 6.33 Å². The summed E-state index contributed by atoms with van der Waals surface area (Å²) in [5, 5.41) is 9.69. The van der Waals surface area contributed by atoms with Gasteiger partial charge in [0.2, 0.25) is 0 Å². The van der Waals surface area contributed by atoms with Gasteiger partial charge in [0, 0.05) is 27.8 Å². The predicted octanol–water partition coefficient (Wildman–Crippen LogP) is 2.73. The maximum absolute atomic E-state index is 9.67. The summed E-state index contributed by atoms with van der Waals surface area (Å²) in [5.41, 5.74) is 1.19. The van der Waals surface area contributed by atoms with Crippen LogP contribution in [0.4, 0.5) is 5.82 Å². The Hall–Kier alpha value is -1.92. The first kappa shape index (κ1) is 24.7. The second-order valence-corrected chi connectivity index (χ2v) is 14.6. The van der Waals surface area contributed by atoms with E-state index in [1.807, 2.05) is 23.6 Å².